The van der Waals surface area contributed by atoms with Crippen LogP contribution in [0.1, 0.15) is 142 Å². The van der Waals surface area contributed by atoms with Gasteiger partial charge in [0.05, 0.1) is 4.75 Å². The summed E-state index contributed by atoms with van der Waals surface area (Å²) in [4.78, 5) is 0. The van der Waals surface area contributed by atoms with Gasteiger partial charge in [-0.05, 0) is 91.3 Å². The van der Waals surface area contributed by atoms with Crippen molar-refractivity contribution < 1.29 is 13.0 Å². The van der Waals surface area contributed by atoms with Crippen LogP contribution in [-0.4, -0.2) is 17.7 Å². The topological polar surface area (TPSA) is 54.4 Å². The van der Waals surface area contributed by atoms with Gasteiger partial charge in [0.15, 0.2) is 0 Å². The van der Waals surface area contributed by atoms with Gasteiger partial charge in [0.25, 0.3) is 10.1 Å². The second-order valence-corrected chi connectivity index (χ2v) is 17.4. The quantitative estimate of drug-likeness (QED) is 0.208. The van der Waals surface area contributed by atoms with E-state index in [9.17, 15) is 13.0 Å². The van der Waals surface area contributed by atoms with Crippen LogP contribution >= 0.6 is 0 Å². The maximum atomic E-state index is 12.4. The molecular formula is C31H64O3S. The van der Waals surface area contributed by atoms with Gasteiger partial charge in [-0.2, -0.15) is 8.42 Å². The van der Waals surface area contributed by atoms with E-state index in [0.29, 0.717) is 36.0 Å². The Labute approximate surface area is 221 Å². The summed E-state index contributed by atoms with van der Waals surface area (Å²) in [5, 5.41) is 0. The van der Waals surface area contributed by atoms with E-state index >= 15 is 0 Å². The molecule has 0 heterocycles. The molecule has 0 radical (unpaired) electrons. The summed E-state index contributed by atoms with van der Waals surface area (Å²) in [6, 6.07) is 0. The fraction of sp³-hybridized carbons (Fsp3) is 1.00. The second kappa shape index (κ2) is 12.6. The Morgan fingerprint density at radius 2 is 1.14 bits per heavy atom. The van der Waals surface area contributed by atoms with Crippen LogP contribution < -0.4 is 0 Å². The lowest BCUT2D eigenvalue weighted by Crippen LogP contribution is -2.52. The van der Waals surface area contributed by atoms with Crippen molar-refractivity contribution in [1.29, 1.82) is 0 Å². The van der Waals surface area contributed by atoms with E-state index in [1.807, 2.05) is 0 Å². The summed E-state index contributed by atoms with van der Waals surface area (Å²) in [7, 11) is -4.14. The van der Waals surface area contributed by atoms with E-state index in [0.717, 1.165) is 25.7 Å². The van der Waals surface area contributed by atoms with Gasteiger partial charge in [0, 0.05) is 0 Å². The molecule has 5 atom stereocenters. The van der Waals surface area contributed by atoms with Crippen molar-refractivity contribution in [2.45, 2.75) is 147 Å². The zero-order valence-electron chi connectivity index (χ0n) is 26.4. The normalized spacial score (nSPS) is 19.5. The maximum Gasteiger partial charge on any atom is 0.270 e. The molecule has 0 aromatic carbocycles. The van der Waals surface area contributed by atoms with Crippen LogP contribution in [0.15, 0.2) is 0 Å². The van der Waals surface area contributed by atoms with Gasteiger partial charge in [-0.15, -0.1) is 0 Å². The van der Waals surface area contributed by atoms with E-state index in [1.165, 1.54) is 6.42 Å². The van der Waals surface area contributed by atoms with Gasteiger partial charge < -0.3 is 0 Å². The minimum atomic E-state index is -4.14. The molecule has 5 unspecified atom stereocenters. The second-order valence-electron chi connectivity index (χ2n) is 15.3. The largest absolute Gasteiger partial charge is 0.285 e. The van der Waals surface area contributed by atoms with E-state index in [2.05, 4.69) is 90.0 Å². The Balaban J connectivity index is 7.17. The Morgan fingerprint density at radius 3 is 1.49 bits per heavy atom. The molecule has 0 aliphatic carbocycles. The molecule has 35 heavy (non-hydrogen) atoms. The molecule has 0 saturated carbocycles. The third-order valence-electron chi connectivity index (χ3n) is 9.17. The van der Waals surface area contributed by atoms with Crippen LogP contribution in [0.3, 0.4) is 0 Å². The molecule has 0 aromatic heterocycles. The van der Waals surface area contributed by atoms with Crippen molar-refractivity contribution >= 4 is 10.1 Å². The zero-order chi connectivity index (χ0) is 28.2. The molecule has 3 nitrogen and oxygen atoms in total. The number of rotatable bonds is 16. The predicted octanol–water partition coefficient (Wildman–Crippen LogP) is 9.91. The molecule has 1 N–H and O–H groups in total. The van der Waals surface area contributed by atoms with Gasteiger partial charge in [0.1, 0.15) is 0 Å². The molecule has 4 heteroatoms. The lowest BCUT2D eigenvalue weighted by atomic mass is 9.47. The summed E-state index contributed by atoms with van der Waals surface area (Å²) in [6.07, 6.45) is 6.17. The monoisotopic (exact) mass is 516 g/mol. The van der Waals surface area contributed by atoms with Crippen LogP contribution in [0.2, 0.25) is 0 Å². The highest BCUT2D eigenvalue weighted by Gasteiger charge is 2.53. The number of hydrogen-bond donors (Lipinski definition) is 1. The first-order valence-corrected chi connectivity index (χ1v) is 15.9. The average Bonchev–Trinajstić information content (AvgIpc) is 2.61. The standard InChI is InChI=1S/C31H64O3S/c1-16-24(7)20-28(9,10)26(25(8)21-30(13,14)35(32,33)34)27(29(11,12)18-22(3)4)31(15,17-2)19-23(5)6/h22-27H,16-21H2,1-15H3,(H,32,33,34). The van der Waals surface area contributed by atoms with Crippen molar-refractivity contribution in [3.8, 4) is 0 Å². The van der Waals surface area contributed by atoms with E-state index in [4.69, 9.17) is 0 Å². The first kappa shape index (κ1) is 34.9. The minimum absolute atomic E-state index is 0.0382. The van der Waals surface area contributed by atoms with Crippen molar-refractivity contribution in [1.82, 2.24) is 0 Å². The van der Waals surface area contributed by atoms with Crippen LogP contribution in [0.25, 0.3) is 0 Å². The Bertz CT molecular complexity index is 732. The van der Waals surface area contributed by atoms with E-state index < -0.39 is 14.9 Å². The van der Waals surface area contributed by atoms with Crippen molar-refractivity contribution in [2.24, 2.45) is 51.8 Å². The Hall–Kier alpha value is -0.0900. The highest BCUT2D eigenvalue weighted by molar-refractivity contribution is 7.87. The lowest BCUT2D eigenvalue weighted by Gasteiger charge is -2.58. The fourth-order valence-electron chi connectivity index (χ4n) is 8.20. The van der Waals surface area contributed by atoms with Gasteiger partial charge in [-0.1, -0.05) is 103 Å². The predicted molar refractivity (Wildman–Crippen MR) is 155 cm³/mol. The van der Waals surface area contributed by atoms with Gasteiger partial charge in [-0.25, -0.2) is 0 Å². The smallest absolute Gasteiger partial charge is 0.270 e. The summed E-state index contributed by atoms with van der Waals surface area (Å²) in [5.74, 6) is 2.71. The number of hydrogen-bond acceptors (Lipinski definition) is 2. The van der Waals surface area contributed by atoms with E-state index in [1.54, 1.807) is 13.8 Å². The minimum Gasteiger partial charge on any atom is -0.285 e. The van der Waals surface area contributed by atoms with Gasteiger partial charge >= 0.3 is 0 Å². The van der Waals surface area contributed by atoms with Gasteiger partial charge in [0.2, 0.25) is 0 Å². The summed E-state index contributed by atoms with van der Waals surface area (Å²) >= 11 is 0. The molecule has 0 rings (SSSR count). The molecule has 0 spiro atoms. The zero-order valence-corrected chi connectivity index (χ0v) is 27.2. The van der Waals surface area contributed by atoms with Crippen LogP contribution in [0, 0.1) is 51.8 Å². The highest BCUT2D eigenvalue weighted by Crippen LogP contribution is 2.60. The van der Waals surface area contributed by atoms with Gasteiger partial charge in [-0.3, -0.25) is 4.55 Å². The summed E-state index contributed by atoms with van der Waals surface area (Å²) in [6.45, 7) is 34.3. The van der Waals surface area contributed by atoms with Crippen molar-refractivity contribution in [2.75, 3.05) is 0 Å². The van der Waals surface area contributed by atoms with Crippen molar-refractivity contribution in [3.05, 3.63) is 0 Å². The summed E-state index contributed by atoms with van der Waals surface area (Å²) < 4.78 is 33.6. The lowest BCUT2D eigenvalue weighted by molar-refractivity contribution is -0.0898. The molecule has 0 aliphatic heterocycles. The summed E-state index contributed by atoms with van der Waals surface area (Å²) in [5.41, 5.74) is 0.276. The molecule has 0 aliphatic rings. The van der Waals surface area contributed by atoms with E-state index in [-0.39, 0.29) is 22.2 Å². The van der Waals surface area contributed by atoms with Crippen LogP contribution in [0.5, 0.6) is 0 Å². The molecular weight excluding hydrogens is 452 g/mol. The molecule has 0 fully saturated rings. The first-order valence-electron chi connectivity index (χ1n) is 14.4. The average molecular weight is 517 g/mol. The fourth-order valence-corrected chi connectivity index (χ4v) is 8.68. The molecule has 0 aromatic rings. The molecule has 212 valence electrons. The molecule has 0 saturated heterocycles. The Kier molecular flexibility index (Phi) is 12.6. The van der Waals surface area contributed by atoms with Crippen LogP contribution in [-0.2, 0) is 10.1 Å². The third-order valence-corrected chi connectivity index (χ3v) is 10.7. The molecule has 0 bridgehead atoms. The third kappa shape index (κ3) is 9.62. The highest BCUT2D eigenvalue weighted by atomic mass is 32.2. The maximum absolute atomic E-state index is 12.4. The SMILES string of the molecule is CCC(C)CC(C)(C)C(C(C)CC(C)(C)S(=O)(=O)O)C(C(C)(C)CC(C)C)C(C)(CC)CC(C)C. The van der Waals surface area contributed by atoms with Crippen LogP contribution in [0.4, 0.5) is 0 Å². The molecule has 0 amide bonds. The Morgan fingerprint density at radius 1 is 0.686 bits per heavy atom. The first-order chi connectivity index (χ1) is 15.5. The van der Waals surface area contributed by atoms with Crippen molar-refractivity contribution in [3.63, 3.8) is 0 Å².